The zero-order chi connectivity index (χ0) is 8.32. The highest BCUT2D eigenvalue weighted by Gasteiger charge is 2.29. The van der Waals surface area contributed by atoms with Gasteiger partial charge in [0.15, 0.2) is 0 Å². The van der Waals surface area contributed by atoms with Crippen molar-refractivity contribution in [3.63, 3.8) is 0 Å². The quantitative estimate of drug-likeness (QED) is 0.449. The second-order valence-corrected chi connectivity index (χ2v) is 3.41. The predicted molar refractivity (Wildman–Crippen MR) is 43.2 cm³/mol. The molecule has 1 saturated carbocycles. The third kappa shape index (κ3) is 2.07. The molecule has 1 aliphatic carbocycles. The fourth-order valence-corrected chi connectivity index (χ4v) is 1.37. The average molecular weight is 154 g/mol. The van der Waals surface area contributed by atoms with E-state index in [9.17, 15) is 4.79 Å². The lowest BCUT2D eigenvalue weighted by Crippen LogP contribution is -2.31. The summed E-state index contributed by atoms with van der Waals surface area (Å²) in [7, 11) is 0. The summed E-state index contributed by atoms with van der Waals surface area (Å²) < 4.78 is 5.00. The second kappa shape index (κ2) is 3.07. The Labute approximate surface area is 67.2 Å². The largest absolute Gasteiger partial charge is 0.462 e. The van der Waals surface area contributed by atoms with Gasteiger partial charge in [-0.2, -0.15) is 0 Å². The first-order valence-corrected chi connectivity index (χ1v) is 3.94. The van der Waals surface area contributed by atoms with E-state index in [0.29, 0.717) is 6.47 Å². The fraction of sp³-hybridized carbons (Fsp3) is 0.667. The zero-order valence-corrected chi connectivity index (χ0v) is 6.93. The third-order valence-electron chi connectivity index (χ3n) is 2.35. The van der Waals surface area contributed by atoms with E-state index in [1.54, 1.807) is 0 Å². The van der Waals surface area contributed by atoms with E-state index in [0.717, 1.165) is 25.7 Å². The van der Waals surface area contributed by atoms with Gasteiger partial charge >= 0.3 is 0 Å². The third-order valence-corrected chi connectivity index (χ3v) is 2.35. The second-order valence-electron chi connectivity index (χ2n) is 3.41. The van der Waals surface area contributed by atoms with Crippen molar-refractivity contribution < 1.29 is 9.53 Å². The molecule has 0 bridgehead atoms. The summed E-state index contributed by atoms with van der Waals surface area (Å²) in [5.74, 6) is 0. The van der Waals surface area contributed by atoms with E-state index < -0.39 is 0 Å². The normalized spacial score (nSPS) is 22.8. The van der Waals surface area contributed by atoms with Gasteiger partial charge in [0.2, 0.25) is 0 Å². The van der Waals surface area contributed by atoms with Gasteiger partial charge < -0.3 is 4.74 Å². The van der Waals surface area contributed by atoms with Gasteiger partial charge in [0, 0.05) is 0 Å². The number of rotatable bonds is 2. The highest BCUT2D eigenvalue weighted by molar-refractivity contribution is 5.38. The maximum atomic E-state index is 10.1. The molecule has 1 fully saturated rings. The first kappa shape index (κ1) is 8.31. The average Bonchev–Trinajstić information content (AvgIpc) is 1.97. The topological polar surface area (TPSA) is 26.3 Å². The van der Waals surface area contributed by atoms with E-state index in [-0.39, 0.29) is 5.60 Å². The van der Waals surface area contributed by atoms with Gasteiger partial charge in [-0.25, -0.2) is 0 Å². The van der Waals surface area contributed by atoms with Crippen molar-refractivity contribution >= 4 is 6.47 Å². The highest BCUT2D eigenvalue weighted by atomic mass is 16.5. The predicted octanol–water partition coefficient (Wildman–Crippen LogP) is 2.05. The number of allylic oxidation sites excluding steroid dienone is 1. The van der Waals surface area contributed by atoms with Gasteiger partial charge in [0.05, 0.1) is 0 Å². The lowest BCUT2D eigenvalue weighted by atomic mass is 9.84. The lowest BCUT2D eigenvalue weighted by Gasteiger charge is -2.32. The SMILES string of the molecule is C=C1CCC(C)(OC=O)CC1. The summed E-state index contributed by atoms with van der Waals surface area (Å²) in [6.45, 7) is 6.43. The Morgan fingerprint density at radius 1 is 1.55 bits per heavy atom. The molecule has 0 heterocycles. The maximum Gasteiger partial charge on any atom is 0.293 e. The molecule has 0 amide bonds. The Kier molecular flexibility index (Phi) is 2.32. The molecular formula is C9H14O2. The molecule has 0 aromatic heterocycles. The van der Waals surface area contributed by atoms with Crippen molar-refractivity contribution in [2.24, 2.45) is 0 Å². The zero-order valence-electron chi connectivity index (χ0n) is 6.93. The van der Waals surface area contributed by atoms with Crippen LogP contribution in [0.25, 0.3) is 0 Å². The molecule has 0 saturated heterocycles. The van der Waals surface area contributed by atoms with Gasteiger partial charge in [-0.1, -0.05) is 12.2 Å². The molecule has 0 aliphatic heterocycles. The van der Waals surface area contributed by atoms with Gasteiger partial charge in [0.1, 0.15) is 5.60 Å². The van der Waals surface area contributed by atoms with E-state index in [2.05, 4.69) is 6.58 Å². The maximum absolute atomic E-state index is 10.1. The molecular weight excluding hydrogens is 140 g/mol. The van der Waals surface area contributed by atoms with Crippen molar-refractivity contribution in [3.05, 3.63) is 12.2 Å². The number of carbonyl (C=O) groups is 1. The molecule has 0 aromatic carbocycles. The minimum absolute atomic E-state index is 0.219. The summed E-state index contributed by atoms with van der Waals surface area (Å²) in [6, 6.07) is 0. The van der Waals surface area contributed by atoms with Crippen molar-refractivity contribution in [1.82, 2.24) is 0 Å². The van der Waals surface area contributed by atoms with E-state index >= 15 is 0 Å². The van der Waals surface area contributed by atoms with Crippen molar-refractivity contribution in [2.45, 2.75) is 38.2 Å². The van der Waals surface area contributed by atoms with E-state index in [1.807, 2.05) is 6.92 Å². The van der Waals surface area contributed by atoms with Crippen LogP contribution in [0, 0.1) is 0 Å². The molecule has 1 rings (SSSR count). The van der Waals surface area contributed by atoms with E-state index in [1.165, 1.54) is 5.57 Å². The number of ether oxygens (including phenoxy) is 1. The van der Waals surface area contributed by atoms with Crippen LogP contribution >= 0.6 is 0 Å². The molecule has 2 heteroatoms. The standard InChI is InChI=1S/C9H14O2/c1-8-3-5-9(2,6-4-8)11-7-10/h7H,1,3-6H2,2H3. The van der Waals surface area contributed by atoms with Gasteiger partial charge in [-0.3, -0.25) is 4.79 Å². The molecule has 11 heavy (non-hydrogen) atoms. The molecule has 0 spiro atoms. The van der Waals surface area contributed by atoms with Crippen LogP contribution in [0.2, 0.25) is 0 Å². The first-order chi connectivity index (χ1) is 5.16. The molecule has 0 unspecified atom stereocenters. The number of hydrogen-bond donors (Lipinski definition) is 0. The summed E-state index contributed by atoms with van der Waals surface area (Å²) in [5.41, 5.74) is 1.06. The van der Waals surface area contributed by atoms with Crippen LogP contribution in [0.3, 0.4) is 0 Å². The summed E-state index contributed by atoms with van der Waals surface area (Å²) in [6.07, 6.45) is 3.82. The van der Waals surface area contributed by atoms with Crippen LogP contribution in [0.15, 0.2) is 12.2 Å². The molecule has 0 N–H and O–H groups in total. The lowest BCUT2D eigenvalue weighted by molar-refractivity contribution is -0.143. The Hall–Kier alpha value is -0.790. The summed E-state index contributed by atoms with van der Waals surface area (Å²) >= 11 is 0. The number of carbonyl (C=O) groups excluding carboxylic acids is 1. The van der Waals surface area contributed by atoms with Crippen molar-refractivity contribution in [2.75, 3.05) is 0 Å². The van der Waals surface area contributed by atoms with Crippen LogP contribution in [0.4, 0.5) is 0 Å². The summed E-state index contributed by atoms with van der Waals surface area (Å²) in [4.78, 5) is 10.1. The molecule has 0 radical (unpaired) electrons. The minimum Gasteiger partial charge on any atom is -0.462 e. The van der Waals surface area contributed by atoms with Gasteiger partial charge in [-0.15, -0.1) is 0 Å². The molecule has 2 nitrogen and oxygen atoms in total. The molecule has 0 atom stereocenters. The minimum atomic E-state index is -0.219. The highest BCUT2D eigenvalue weighted by Crippen LogP contribution is 2.32. The first-order valence-electron chi connectivity index (χ1n) is 3.94. The Morgan fingerprint density at radius 3 is 2.55 bits per heavy atom. The Morgan fingerprint density at radius 2 is 2.09 bits per heavy atom. The molecule has 0 aromatic rings. The fourth-order valence-electron chi connectivity index (χ4n) is 1.37. The van der Waals surface area contributed by atoms with Crippen LogP contribution in [0.1, 0.15) is 32.6 Å². The van der Waals surface area contributed by atoms with Crippen LogP contribution in [-0.4, -0.2) is 12.1 Å². The summed E-state index contributed by atoms with van der Waals surface area (Å²) in [5, 5.41) is 0. The van der Waals surface area contributed by atoms with Gasteiger partial charge in [-0.05, 0) is 32.6 Å². The van der Waals surface area contributed by atoms with E-state index in [4.69, 9.17) is 4.74 Å². The van der Waals surface area contributed by atoms with Gasteiger partial charge in [0.25, 0.3) is 6.47 Å². The van der Waals surface area contributed by atoms with Crippen LogP contribution < -0.4 is 0 Å². The Bertz CT molecular complexity index is 162. The monoisotopic (exact) mass is 154 g/mol. The van der Waals surface area contributed by atoms with Crippen LogP contribution in [-0.2, 0) is 9.53 Å². The molecule has 1 aliphatic rings. The Balaban J connectivity index is 2.47. The number of hydrogen-bond acceptors (Lipinski definition) is 2. The van der Waals surface area contributed by atoms with Crippen molar-refractivity contribution in [3.8, 4) is 0 Å². The molecule has 62 valence electrons. The smallest absolute Gasteiger partial charge is 0.293 e. The van der Waals surface area contributed by atoms with Crippen LogP contribution in [0.5, 0.6) is 0 Å². The van der Waals surface area contributed by atoms with Crippen molar-refractivity contribution in [1.29, 1.82) is 0 Å².